The zero-order valence-electron chi connectivity index (χ0n) is 12.8. The second-order valence-corrected chi connectivity index (χ2v) is 5.96. The highest BCUT2D eigenvalue weighted by atomic mass is 16.3. The molecule has 0 aliphatic carbocycles. The Morgan fingerprint density at radius 1 is 1.50 bits per heavy atom. The van der Waals surface area contributed by atoms with E-state index in [1.165, 1.54) is 0 Å². The first kappa shape index (κ1) is 14.8. The minimum absolute atomic E-state index is 0.102. The van der Waals surface area contributed by atoms with Crippen molar-refractivity contribution < 1.29 is 9.90 Å². The van der Waals surface area contributed by atoms with E-state index in [9.17, 15) is 9.90 Å². The number of imidazole rings is 1. The summed E-state index contributed by atoms with van der Waals surface area (Å²) < 4.78 is 1.97. The van der Waals surface area contributed by atoms with E-state index in [2.05, 4.69) is 10.3 Å². The van der Waals surface area contributed by atoms with Crippen LogP contribution < -0.4 is 5.32 Å². The minimum atomic E-state index is -0.419. The van der Waals surface area contributed by atoms with Gasteiger partial charge in [0.05, 0.1) is 11.8 Å². The van der Waals surface area contributed by atoms with Crippen molar-refractivity contribution in [2.75, 3.05) is 19.6 Å². The van der Waals surface area contributed by atoms with Crippen molar-refractivity contribution in [3.05, 3.63) is 36.3 Å². The second kappa shape index (κ2) is 6.36. The molecule has 0 radical (unpaired) electrons. The van der Waals surface area contributed by atoms with E-state index in [1.807, 2.05) is 41.9 Å². The van der Waals surface area contributed by atoms with Crippen LogP contribution in [0.4, 0.5) is 4.79 Å². The van der Waals surface area contributed by atoms with Gasteiger partial charge in [-0.1, -0.05) is 13.0 Å². The normalized spacial score (nSPS) is 22.0. The molecule has 3 heterocycles. The summed E-state index contributed by atoms with van der Waals surface area (Å²) in [4.78, 5) is 18.3. The quantitative estimate of drug-likeness (QED) is 0.897. The largest absolute Gasteiger partial charge is 0.391 e. The number of carbonyl (C=O) groups excluding carboxylic acids is 1. The van der Waals surface area contributed by atoms with Crippen molar-refractivity contribution in [3.8, 4) is 0 Å². The summed E-state index contributed by atoms with van der Waals surface area (Å²) in [6, 6.07) is 5.77. The number of nitrogens with one attached hydrogen (secondary N) is 1. The zero-order chi connectivity index (χ0) is 15.5. The molecule has 2 aromatic rings. The van der Waals surface area contributed by atoms with E-state index in [-0.39, 0.29) is 11.9 Å². The summed E-state index contributed by atoms with van der Waals surface area (Å²) in [6.07, 6.45) is 5.06. The first-order valence-corrected chi connectivity index (χ1v) is 7.77. The number of aliphatic hydroxyl groups excluding tert-OH is 1. The maximum absolute atomic E-state index is 12.1. The molecule has 0 aromatic carbocycles. The number of carbonyl (C=O) groups is 1. The number of rotatable bonds is 3. The third-order valence-electron chi connectivity index (χ3n) is 4.28. The molecule has 1 aliphatic heterocycles. The lowest BCUT2D eigenvalue weighted by molar-refractivity contribution is 0.0436. The molecule has 2 amide bonds. The maximum Gasteiger partial charge on any atom is 0.317 e. The number of fused-ring (bicyclic) bond motifs is 1. The Morgan fingerprint density at radius 2 is 2.36 bits per heavy atom. The third-order valence-corrected chi connectivity index (χ3v) is 4.28. The average Bonchev–Trinajstić information content (AvgIpc) is 2.92. The molecular weight excluding hydrogens is 280 g/mol. The van der Waals surface area contributed by atoms with Crippen LogP contribution in [0.25, 0.3) is 5.65 Å². The molecule has 2 aromatic heterocycles. The lowest BCUT2D eigenvalue weighted by Crippen LogP contribution is -2.49. The predicted molar refractivity (Wildman–Crippen MR) is 83.7 cm³/mol. The summed E-state index contributed by atoms with van der Waals surface area (Å²) in [5, 5.41) is 12.8. The van der Waals surface area contributed by atoms with Gasteiger partial charge in [-0.25, -0.2) is 9.78 Å². The molecule has 0 bridgehead atoms. The molecule has 2 unspecified atom stereocenters. The van der Waals surface area contributed by atoms with Gasteiger partial charge in [0.2, 0.25) is 0 Å². The fraction of sp³-hybridized carbons (Fsp3) is 0.500. The molecule has 118 valence electrons. The van der Waals surface area contributed by atoms with Gasteiger partial charge in [0.25, 0.3) is 0 Å². The Kier molecular flexibility index (Phi) is 4.29. The van der Waals surface area contributed by atoms with Crippen LogP contribution in [-0.2, 0) is 6.42 Å². The summed E-state index contributed by atoms with van der Waals surface area (Å²) in [5.74, 6) is 0.266. The minimum Gasteiger partial charge on any atom is -0.391 e. The van der Waals surface area contributed by atoms with Crippen LogP contribution in [0.5, 0.6) is 0 Å². The number of nitrogens with zero attached hydrogens (tertiary/aromatic N) is 3. The summed E-state index contributed by atoms with van der Waals surface area (Å²) in [7, 11) is 0. The number of pyridine rings is 1. The molecule has 1 saturated heterocycles. The van der Waals surface area contributed by atoms with Gasteiger partial charge in [0, 0.05) is 38.4 Å². The molecule has 1 aliphatic rings. The SMILES string of the molecule is CC1CCN(C(=O)NCCc2cn3ccccc3n2)CC1O. The van der Waals surface area contributed by atoms with E-state index in [0.717, 1.165) is 17.8 Å². The summed E-state index contributed by atoms with van der Waals surface area (Å²) in [5.41, 5.74) is 1.87. The fourth-order valence-electron chi connectivity index (χ4n) is 2.75. The van der Waals surface area contributed by atoms with Crippen LogP contribution in [0, 0.1) is 5.92 Å². The molecule has 6 heteroatoms. The highest BCUT2D eigenvalue weighted by molar-refractivity contribution is 5.74. The standard InChI is InChI=1S/C16H22N4O2/c1-12-6-9-20(11-14(12)21)16(22)17-7-5-13-10-19-8-3-2-4-15(19)18-13/h2-4,8,10,12,14,21H,5-7,9,11H2,1H3,(H,17,22). The van der Waals surface area contributed by atoms with Gasteiger partial charge in [-0.2, -0.15) is 0 Å². The van der Waals surface area contributed by atoms with Gasteiger partial charge >= 0.3 is 6.03 Å². The summed E-state index contributed by atoms with van der Waals surface area (Å²) in [6.45, 7) is 3.69. The second-order valence-electron chi connectivity index (χ2n) is 5.96. The smallest absolute Gasteiger partial charge is 0.317 e. The Balaban J connectivity index is 1.49. The van der Waals surface area contributed by atoms with Crippen LogP contribution in [0.2, 0.25) is 0 Å². The first-order valence-electron chi connectivity index (χ1n) is 7.77. The zero-order valence-corrected chi connectivity index (χ0v) is 12.8. The topological polar surface area (TPSA) is 69.9 Å². The Morgan fingerprint density at radius 3 is 3.14 bits per heavy atom. The molecule has 0 spiro atoms. The van der Waals surface area contributed by atoms with Crippen molar-refractivity contribution in [3.63, 3.8) is 0 Å². The average molecular weight is 302 g/mol. The summed E-state index contributed by atoms with van der Waals surface area (Å²) >= 11 is 0. The lowest BCUT2D eigenvalue weighted by atomic mass is 9.96. The van der Waals surface area contributed by atoms with E-state index in [4.69, 9.17) is 0 Å². The molecule has 0 saturated carbocycles. The number of hydrogen-bond donors (Lipinski definition) is 2. The van der Waals surface area contributed by atoms with Crippen molar-refractivity contribution in [2.24, 2.45) is 5.92 Å². The Labute approximate surface area is 129 Å². The molecule has 3 rings (SSSR count). The van der Waals surface area contributed by atoms with Gasteiger partial charge < -0.3 is 19.7 Å². The van der Waals surface area contributed by atoms with E-state index >= 15 is 0 Å². The number of likely N-dealkylation sites (tertiary alicyclic amines) is 1. The maximum atomic E-state index is 12.1. The molecule has 22 heavy (non-hydrogen) atoms. The highest BCUT2D eigenvalue weighted by Gasteiger charge is 2.26. The molecule has 6 nitrogen and oxygen atoms in total. The lowest BCUT2D eigenvalue weighted by Gasteiger charge is -2.34. The van der Waals surface area contributed by atoms with Crippen molar-refractivity contribution in [1.29, 1.82) is 0 Å². The third kappa shape index (κ3) is 3.22. The van der Waals surface area contributed by atoms with Crippen LogP contribution >= 0.6 is 0 Å². The number of aromatic nitrogens is 2. The van der Waals surface area contributed by atoms with Crippen molar-refractivity contribution >= 4 is 11.7 Å². The number of β-amino-alcohol motifs (C(OH)–C–C–N with tert-alkyl or cyclic N) is 1. The number of aliphatic hydroxyl groups is 1. The highest BCUT2D eigenvalue weighted by Crippen LogP contribution is 2.16. The van der Waals surface area contributed by atoms with Crippen molar-refractivity contribution in [2.45, 2.75) is 25.9 Å². The Bertz CT molecular complexity index is 621. The van der Waals surface area contributed by atoms with Crippen molar-refractivity contribution in [1.82, 2.24) is 19.6 Å². The fourth-order valence-corrected chi connectivity index (χ4v) is 2.75. The van der Waals surface area contributed by atoms with Crippen LogP contribution in [0.15, 0.2) is 30.6 Å². The Hall–Kier alpha value is -2.08. The monoisotopic (exact) mass is 302 g/mol. The van der Waals surface area contributed by atoms with E-state index < -0.39 is 6.10 Å². The van der Waals surface area contributed by atoms with Crippen LogP contribution in [-0.4, -0.2) is 51.2 Å². The van der Waals surface area contributed by atoms with E-state index in [0.29, 0.717) is 26.1 Å². The van der Waals surface area contributed by atoms with E-state index in [1.54, 1.807) is 4.90 Å². The van der Waals surface area contributed by atoms with Gasteiger partial charge in [-0.3, -0.25) is 0 Å². The van der Waals surface area contributed by atoms with Gasteiger partial charge in [-0.05, 0) is 24.5 Å². The molecule has 1 fully saturated rings. The van der Waals surface area contributed by atoms with Crippen LogP contribution in [0.3, 0.4) is 0 Å². The van der Waals surface area contributed by atoms with Gasteiger partial charge in [-0.15, -0.1) is 0 Å². The van der Waals surface area contributed by atoms with Gasteiger partial charge in [0.1, 0.15) is 5.65 Å². The molecule has 2 atom stereocenters. The number of amides is 2. The molecule has 2 N–H and O–H groups in total. The van der Waals surface area contributed by atoms with Crippen LogP contribution in [0.1, 0.15) is 19.0 Å². The van der Waals surface area contributed by atoms with Gasteiger partial charge in [0.15, 0.2) is 0 Å². The predicted octanol–water partition coefficient (Wildman–Crippen LogP) is 1.29. The molecular formula is C16H22N4O2. The number of piperidine rings is 1. The number of urea groups is 1. The first-order chi connectivity index (χ1) is 10.6. The number of hydrogen-bond acceptors (Lipinski definition) is 3.